The molecule has 0 saturated carbocycles. The fourth-order valence-corrected chi connectivity index (χ4v) is 0.981. The van der Waals surface area contributed by atoms with Gasteiger partial charge in [0.25, 0.3) is 0 Å². The quantitative estimate of drug-likeness (QED) is 0.501. The molecule has 0 aromatic heterocycles. The number of aliphatic hydroxyl groups is 1. The third kappa shape index (κ3) is 3.93. The highest BCUT2D eigenvalue weighted by Crippen LogP contribution is 2.00. The predicted molar refractivity (Wildman–Crippen MR) is 57.3 cm³/mol. The summed E-state index contributed by atoms with van der Waals surface area (Å²) in [6.07, 6.45) is 0.790. The molecule has 0 saturated heterocycles. The first-order valence-electron chi connectivity index (χ1n) is 4.54. The standard InChI is InChI=1S/C11H11NO4/c13-9(12-10(14)11(15)16)7-6-8-4-2-1-3-5-8/h1-7,10,14H,(H,12,13)(H,15,16)/t10-/m0/s1. The van der Waals surface area contributed by atoms with Crippen molar-refractivity contribution in [2.24, 2.45) is 0 Å². The highest BCUT2D eigenvalue weighted by atomic mass is 16.4. The number of aliphatic hydroxyl groups excluding tert-OH is 1. The number of amides is 1. The second kappa shape index (κ2) is 5.67. The molecule has 0 fully saturated rings. The molecule has 0 radical (unpaired) electrons. The number of benzene rings is 1. The summed E-state index contributed by atoms with van der Waals surface area (Å²) in [5, 5.41) is 19.0. The van der Waals surface area contributed by atoms with E-state index in [0.29, 0.717) is 0 Å². The number of carbonyl (C=O) groups is 2. The minimum absolute atomic E-state index is 0.668. The smallest absolute Gasteiger partial charge is 0.353 e. The van der Waals surface area contributed by atoms with Crippen molar-refractivity contribution in [2.45, 2.75) is 6.23 Å². The molecule has 0 unspecified atom stereocenters. The molecule has 84 valence electrons. The lowest BCUT2D eigenvalue weighted by atomic mass is 10.2. The fraction of sp³-hybridized carbons (Fsp3) is 0.0909. The van der Waals surface area contributed by atoms with Gasteiger partial charge < -0.3 is 15.5 Å². The number of carboxylic acids is 1. The van der Waals surface area contributed by atoms with Gasteiger partial charge in [-0.15, -0.1) is 0 Å². The van der Waals surface area contributed by atoms with E-state index in [9.17, 15) is 9.59 Å². The van der Waals surface area contributed by atoms with Gasteiger partial charge in [0.2, 0.25) is 12.1 Å². The van der Waals surface area contributed by atoms with Crippen molar-refractivity contribution in [2.75, 3.05) is 0 Å². The van der Waals surface area contributed by atoms with E-state index in [-0.39, 0.29) is 0 Å². The number of carbonyl (C=O) groups excluding carboxylic acids is 1. The van der Waals surface area contributed by atoms with Gasteiger partial charge in [-0.05, 0) is 11.6 Å². The molecule has 0 bridgehead atoms. The lowest BCUT2D eigenvalue weighted by Gasteiger charge is -2.04. The van der Waals surface area contributed by atoms with Crippen LogP contribution < -0.4 is 5.32 Å². The fourth-order valence-electron chi connectivity index (χ4n) is 0.981. The first-order valence-corrected chi connectivity index (χ1v) is 4.54. The Hall–Kier alpha value is -2.14. The third-order valence-corrected chi connectivity index (χ3v) is 1.74. The molecule has 5 heteroatoms. The zero-order chi connectivity index (χ0) is 12.0. The highest BCUT2D eigenvalue weighted by Gasteiger charge is 2.13. The van der Waals surface area contributed by atoms with Gasteiger partial charge in [-0.3, -0.25) is 4.79 Å². The van der Waals surface area contributed by atoms with Crippen LogP contribution in [0.4, 0.5) is 0 Å². The average molecular weight is 221 g/mol. The van der Waals surface area contributed by atoms with E-state index in [1.54, 1.807) is 12.1 Å². The summed E-state index contributed by atoms with van der Waals surface area (Å²) < 4.78 is 0. The van der Waals surface area contributed by atoms with Gasteiger partial charge in [0, 0.05) is 6.08 Å². The van der Waals surface area contributed by atoms with E-state index in [0.717, 1.165) is 11.6 Å². The lowest BCUT2D eigenvalue weighted by Crippen LogP contribution is -2.39. The van der Waals surface area contributed by atoms with E-state index < -0.39 is 18.1 Å². The van der Waals surface area contributed by atoms with E-state index in [2.05, 4.69) is 0 Å². The Kier molecular flexibility index (Phi) is 4.23. The van der Waals surface area contributed by atoms with Crippen LogP contribution in [0.15, 0.2) is 36.4 Å². The summed E-state index contributed by atoms with van der Waals surface area (Å²) in [4.78, 5) is 21.3. The highest BCUT2D eigenvalue weighted by molar-refractivity contribution is 5.93. The van der Waals surface area contributed by atoms with Crippen molar-refractivity contribution < 1.29 is 19.8 Å². The maximum Gasteiger partial charge on any atom is 0.353 e. The van der Waals surface area contributed by atoms with Crippen LogP contribution in [0.25, 0.3) is 6.08 Å². The molecule has 0 spiro atoms. The molecule has 1 amide bonds. The maximum absolute atomic E-state index is 11.1. The number of nitrogens with one attached hydrogen (secondary N) is 1. The Balaban J connectivity index is 2.52. The predicted octanol–water partition coefficient (Wildman–Crippen LogP) is 0.219. The number of hydrogen-bond donors (Lipinski definition) is 3. The molecule has 1 rings (SSSR count). The van der Waals surface area contributed by atoms with Crippen molar-refractivity contribution in [3.05, 3.63) is 42.0 Å². The molecule has 1 atom stereocenters. The molecular formula is C11H11NO4. The molecular weight excluding hydrogens is 210 g/mol. The average Bonchev–Trinajstić information content (AvgIpc) is 2.27. The Bertz CT molecular complexity index is 400. The summed E-state index contributed by atoms with van der Waals surface area (Å²) >= 11 is 0. The van der Waals surface area contributed by atoms with Crippen LogP contribution in [-0.2, 0) is 9.59 Å². The third-order valence-electron chi connectivity index (χ3n) is 1.74. The van der Waals surface area contributed by atoms with Crippen LogP contribution in [0.3, 0.4) is 0 Å². The van der Waals surface area contributed by atoms with Crippen LogP contribution in [0, 0.1) is 0 Å². The summed E-state index contributed by atoms with van der Waals surface area (Å²) in [7, 11) is 0. The Morgan fingerprint density at radius 1 is 1.25 bits per heavy atom. The minimum atomic E-state index is -1.88. The van der Waals surface area contributed by atoms with Gasteiger partial charge in [-0.1, -0.05) is 30.3 Å². The van der Waals surface area contributed by atoms with Gasteiger partial charge in [0.05, 0.1) is 0 Å². The molecule has 1 aromatic rings. The molecule has 16 heavy (non-hydrogen) atoms. The van der Waals surface area contributed by atoms with Crippen molar-refractivity contribution in [1.29, 1.82) is 0 Å². The Morgan fingerprint density at radius 2 is 1.88 bits per heavy atom. The van der Waals surface area contributed by atoms with Crippen LogP contribution in [-0.4, -0.2) is 28.3 Å². The van der Waals surface area contributed by atoms with Gasteiger partial charge in [0.1, 0.15) is 0 Å². The first kappa shape index (κ1) is 11.9. The molecule has 0 heterocycles. The summed E-state index contributed by atoms with van der Waals surface area (Å²) in [5.74, 6) is -2.17. The SMILES string of the molecule is O=C(C=Cc1ccccc1)N[C@@H](O)C(=O)O. The number of rotatable bonds is 4. The number of aliphatic carboxylic acids is 1. The molecule has 0 aliphatic heterocycles. The van der Waals surface area contributed by atoms with Crippen LogP contribution >= 0.6 is 0 Å². The van der Waals surface area contributed by atoms with E-state index in [1.165, 1.54) is 6.08 Å². The molecule has 0 aliphatic carbocycles. The van der Waals surface area contributed by atoms with Crippen molar-refractivity contribution in [1.82, 2.24) is 5.32 Å². The normalized spacial score (nSPS) is 12.3. The second-order valence-corrected chi connectivity index (χ2v) is 2.99. The van der Waals surface area contributed by atoms with Gasteiger partial charge in [0.15, 0.2) is 0 Å². The second-order valence-electron chi connectivity index (χ2n) is 2.99. The molecule has 3 N–H and O–H groups in total. The van der Waals surface area contributed by atoms with E-state index in [4.69, 9.17) is 10.2 Å². The van der Waals surface area contributed by atoms with E-state index >= 15 is 0 Å². The molecule has 5 nitrogen and oxygen atoms in total. The molecule has 0 aliphatic rings. The van der Waals surface area contributed by atoms with Crippen LogP contribution in [0.1, 0.15) is 5.56 Å². The summed E-state index contributed by atoms with van der Waals surface area (Å²) in [6, 6.07) is 9.04. The van der Waals surface area contributed by atoms with Crippen molar-refractivity contribution in [3.63, 3.8) is 0 Å². The monoisotopic (exact) mass is 221 g/mol. The number of carboxylic acid groups (broad SMARTS) is 1. The Labute approximate surface area is 92.0 Å². The summed E-state index contributed by atoms with van der Waals surface area (Å²) in [5.41, 5.74) is 0.808. The summed E-state index contributed by atoms with van der Waals surface area (Å²) in [6.45, 7) is 0. The first-order chi connectivity index (χ1) is 7.59. The zero-order valence-corrected chi connectivity index (χ0v) is 8.33. The largest absolute Gasteiger partial charge is 0.478 e. The zero-order valence-electron chi connectivity index (χ0n) is 8.33. The maximum atomic E-state index is 11.1. The van der Waals surface area contributed by atoms with E-state index in [1.807, 2.05) is 23.5 Å². The van der Waals surface area contributed by atoms with Crippen LogP contribution in [0.5, 0.6) is 0 Å². The van der Waals surface area contributed by atoms with Gasteiger partial charge in [-0.25, -0.2) is 4.79 Å². The molecule has 1 aromatic carbocycles. The number of hydrogen-bond acceptors (Lipinski definition) is 3. The van der Waals surface area contributed by atoms with Crippen LogP contribution in [0.2, 0.25) is 0 Å². The minimum Gasteiger partial charge on any atom is -0.478 e. The van der Waals surface area contributed by atoms with Crippen molar-refractivity contribution >= 4 is 18.0 Å². The van der Waals surface area contributed by atoms with Gasteiger partial charge >= 0.3 is 5.97 Å². The topological polar surface area (TPSA) is 86.6 Å². The van der Waals surface area contributed by atoms with Crippen molar-refractivity contribution in [3.8, 4) is 0 Å². The lowest BCUT2D eigenvalue weighted by molar-refractivity contribution is -0.150. The van der Waals surface area contributed by atoms with Gasteiger partial charge in [-0.2, -0.15) is 0 Å². The Morgan fingerprint density at radius 3 is 2.44 bits per heavy atom.